The van der Waals surface area contributed by atoms with Gasteiger partial charge in [0, 0.05) is 6.54 Å². The van der Waals surface area contributed by atoms with Crippen molar-refractivity contribution < 1.29 is 14.2 Å². The molecule has 0 aliphatic carbocycles. The van der Waals surface area contributed by atoms with E-state index in [9.17, 15) is 0 Å². The zero-order chi connectivity index (χ0) is 19.6. The lowest BCUT2D eigenvalue weighted by atomic mass is 9.98. The molecule has 2 rings (SSSR count). The first-order chi connectivity index (χ1) is 13.1. The summed E-state index contributed by atoms with van der Waals surface area (Å²) in [5, 5.41) is 3.17. The van der Waals surface area contributed by atoms with Gasteiger partial charge < -0.3 is 25.3 Å². The predicted molar refractivity (Wildman–Crippen MR) is 124 cm³/mol. The van der Waals surface area contributed by atoms with E-state index < -0.39 is 0 Å². The zero-order valence-electron chi connectivity index (χ0n) is 16.9. The Morgan fingerprint density at radius 1 is 1.00 bits per heavy atom. The van der Waals surface area contributed by atoms with Crippen LogP contribution in [0, 0.1) is 0 Å². The summed E-state index contributed by atoms with van der Waals surface area (Å²) < 4.78 is 15.7. The molecule has 2 aromatic rings. The fourth-order valence-electron chi connectivity index (χ4n) is 2.73. The summed E-state index contributed by atoms with van der Waals surface area (Å²) in [4.78, 5) is 4.39. The van der Waals surface area contributed by atoms with Gasteiger partial charge in [0.15, 0.2) is 17.5 Å². The average Bonchev–Trinajstić information content (AvgIpc) is 2.71. The quantitative estimate of drug-likeness (QED) is 0.311. The molecule has 0 saturated heterocycles. The van der Waals surface area contributed by atoms with Gasteiger partial charge in [0.2, 0.25) is 0 Å². The van der Waals surface area contributed by atoms with E-state index >= 15 is 0 Å². The van der Waals surface area contributed by atoms with Gasteiger partial charge in [-0.05, 0) is 47.7 Å². The smallest absolute Gasteiger partial charge is 0.188 e. The molecule has 0 spiro atoms. The monoisotopic (exact) mass is 499 g/mol. The van der Waals surface area contributed by atoms with Crippen molar-refractivity contribution >= 4 is 29.9 Å². The summed E-state index contributed by atoms with van der Waals surface area (Å²) in [5.74, 6) is 3.11. The van der Waals surface area contributed by atoms with Crippen LogP contribution in [0.1, 0.15) is 30.4 Å². The molecular weight excluding hydrogens is 469 g/mol. The predicted octanol–water partition coefficient (Wildman–Crippen LogP) is 3.93. The lowest BCUT2D eigenvalue weighted by Gasteiger charge is -2.13. The number of guanidine groups is 1. The van der Waals surface area contributed by atoms with E-state index in [0.717, 1.165) is 24.3 Å². The highest BCUT2D eigenvalue weighted by Crippen LogP contribution is 2.27. The molecule has 1 atom stereocenters. The van der Waals surface area contributed by atoms with Crippen LogP contribution in [0.5, 0.6) is 17.2 Å². The van der Waals surface area contributed by atoms with Crippen LogP contribution in [0.2, 0.25) is 0 Å². The fourth-order valence-corrected chi connectivity index (χ4v) is 2.73. The molecular formula is C21H30IN3O3. The molecule has 1 unspecified atom stereocenters. The summed E-state index contributed by atoms with van der Waals surface area (Å²) in [6.45, 7) is 3.43. The number of nitrogens with zero attached hydrogens (tertiary/aromatic N) is 1. The number of halogens is 1. The van der Waals surface area contributed by atoms with Crippen molar-refractivity contribution in [2.75, 3.05) is 27.9 Å². The molecule has 0 saturated carbocycles. The van der Waals surface area contributed by atoms with Crippen molar-refractivity contribution in [3.05, 3.63) is 53.6 Å². The van der Waals surface area contributed by atoms with Gasteiger partial charge in [0.1, 0.15) is 5.75 Å². The van der Waals surface area contributed by atoms with Crippen molar-refractivity contribution in [3.8, 4) is 17.2 Å². The number of hydrogen-bond acceptors (Lipinski definition) is 4. The van der Waals surface area contributed by atoms with Gasteiger partial charge in [0.25, 0.3) is 0 Å². The molecule has 6 nitrogen and oxygen atoms in total. The average molecular weight is 499 g/mol. The Bertz CT molecular complexity index is 751. The van der Waals surface area contributed by atoms with Crippen molar-refractivity contribution in [1.29, 1.82) is 0 Å². The molecule has 0 aromatic heterocycles. The number of hydrogen-bond donors (Lipinski definition) is 2. The van der Waals surface area contributed by atoms with Crippen molar-refractivity contribution in [1.82, 2.24) is 5.32 Å². The summed E-state index contributed by atoms with van der Waals surface area (Å²) in [7, 11) is 4.90. The summed E-state index contributed by atoms with van der Waals surface area (Å²) in [6, 6.07) is 13.9. The van der Waals surface area contributed by atoms with Crippen LogP contribution < -0.4 is 25.3 Å². The standard InChI is InChI=1S/C21H29N3O3.HI/c1-15(17-6-8-18(25-2)9-7-17)11-12-23-21(22)24-14-16-5-10-19(26-3)20(13-16)27-4;/h5-10,13,15H,11-12,14H2,1-4H3,(H3,22,23,24);1H. The van der Waals surface area contributed by atoms with E-state index in [4.69, 9.17) is 19.9 Å². The van der Waals surface area contributed by atoms with Crippen LogP contribution in [0.3, 0.4) is 0 Å². The second kappa shape index (κ2) is 12.3. The third-order valence-electron chi connectivity index (χ3n) is 4.45. The number of benzene rings is 2. The summed E-state index contributed by atoms with van der Waals surface area (Å²) in [5.41, 5.74) is 8.26. The second-order valence-electron chi connectivity index (χ2n) is 6.28. The second-order valence-corrected chi connectivity index (χ2v) is 6.28. The van der Waals surface area contributed by atoms with E-state index in [1.807, 2.05) is 30.3 Å². The first-order valence-corrected chi connectivity index (χ1v) is 8.96. The van der Waals surface area contributed by atoms with E-state index in [2.05, 4.69) is 29.4 Å². The Kier molecular flexibility index (Phi) is 10.5. The van der Waals surface area contributed by atoms with Crippen LogP contribution in [0.25, 0.3) is 0 Å². The van der Waals surface area contributed by atoms with Gasteiger partial charge in [-0.2, -0.15) is 0 Å². The largest absolute Gasteiger partial charge is 0.497 e. The van der Waals surface area contributed by atoms with Gasteiger partial charge in [-0.3, -0.25) is 0 Å². The normalized spacial score (nSPS) is 11.9. The Morgan fingerprint density at radius 3 is 2.29 bits per heavy atom. The molecule has 0 radical (unpaired) electrons. The molecule has 0 aliphatic rings. The highest BCUT2D eigenvalue weighted by atomic mass is 127. The van der Waals surface area contributed by atoms with Crippen molar-refractivity contribution in [2.45, 2.75) is 25.8 Å². The van der Waals surface area contributed by atoms with Gasteiger partial charge in [-0.15, -0.1) is 24.0 Å². The summed E-state index contributed by atoms with van der Waals surface area (Å²) in [6.07, 6.45) is 0.957. The number of methoxy groups -OCH3 is 3. The zero-order valence-corrected chi connectivity index (χ0v) is 19.2. The third kappa shape index (κ3) is 7.10. The highest BCUT2D eigenvalue weighted by Gasteiger charge is 2.06. The molecule has 7 heteroatoms. The van der Waals surface area contributed by atoms with Crippen LogP contribution in [0.4, 0.5) is 0 Å². The van der Waals surface area contributed by atoms with Gasteiger partial charge in [-0.25, -0.2) is 4.99 Å². The van der Waals surface area contributed by atoms with Crippen LogP contribution >= 0.6 is 24.0 Å². The lowest BCUT2D eigenvalue weighted by Crippen LogP contribution is -2.32. The number of ether oxygens (including phenoxy) is 3. The maximum atomic E-state index is 5.98. The van der Waals surface area contributed by atoms with Crippen LogP contribution in [-0.4, -0.2) is 33.8 Å². The van der Waals surface area contributed by atoms with E-state index in [-0.39, 0.29) is 24.0 Å². The van der Waals surface area contributed by atoms with Crippen LogP contribution in [-0.2, 0) is 6.54 Å². The maximum absolute atomic E-state index is 5.98. The first kappa shape index (κ1) is 23.9. The van der Waals surface area contributed by atoms with E-state index in [0.29, 0.717) is 29.9 Å². The fraction of sp³-hybridized carbons (Fsp3) is 0.381. The van der Waals surface area contributed by atoms with E-state index in [1.54, 1.807) is 21.3 Å². The van der Waals surface area contributed by atoms with Gasteiger partial charge in [0.05, 0.1) is 27.9 Å². The third-order valence-corrected chi connectivity index (χ3v) is 4.45. The maximum Gasteiger partial charge on any atom is 0.188 e. The van der Waals surface area contributed by atoms with Gasteiger partial charge >= 0.3 is 0 Å². The van der Waals surface area contributed by atoms with E-state index in [1.165, 1.54) is 5.56 Å². The summed E-state index contributed by atoms with van der Waals surface area (Å²) >= 11 is 0. The molecule has 3 N–H and O–H groups in total. The topological polar surface area (TPSA) is 78.1 Å². The number of nitrogens with two attached hydrogens (primary N) is 1. The number of aliphatic imine (C=N–C) groups is 1. The molecule has 0 bridgehead atoms. The molecule has 0 aliphatic heterocycles. The Balaban J connectivity index is 0.00000392. The Hall–Kier alpha value is -2.16. The van der Waals surface area contributed by atoms with Gasteiger partial charge in [-0.1, -0.05) is 25.1 Å². The minimum Gasteiger partial charge on any atom is -0.497 e. The van der Waals surface area contributed by atoms with Crippen molar-refractivity contribution in [2.24, 2.45) is 10.7 Å². The Labute approximate surface area is 184 Å². The van der Waals surface area contributed by atoms with Crippen molar-refractivity contribution in [3.63, 3.8) is 0 Å². The molecule has 0 heterocycles. The molecule has 154 valence electrons. The lowest BCUT2D eigenvalue weighted by molar-refractivity contribution is 0.354. The minimum atomic E-state index is 0. The molecule has 0 amide bonds. The minimum absolute atomic E-state index is 0. The molecule has 28 heavy (non-hydrogen) atoms. The highest BCUT2D eigenvalue weighted by molar-refractivity contribution is 14.0. The molecule has 2 aromatic carbocycles. The molecule has 0 fully saturated rings. The SMILES string of the molecule is COc1ccc(C(C)CCNC(N)=NCc2ccc(OC)c(OC)c2)cc1.I. The first-order valence-electron chi connectivity index (χ1n) is 8.96. The van der Waals surface area contributed by atoms with Crippen LogP contribution in [0.15, 0.2) is 47.5 Å². The number of rotatable bonds is 9. The number of nitrogens with one attached hydrogen (secondary N) is 1. The Morgan fingerprint density at radius 2 is 1.68 bits per heavy atom.